The highest BCUT2D eigenvalue weighted by Gasteiger charge is 2.38. The zero-order chi connectivity index (χ0) is 17.9. The van der Waals surface area contributed by atoms with Gasteiger partial charge in [0.2, 0.25) is 5.78 Å². The summed E-state index contributed by atoms with van der Waals surface area (Å²) in [5, 5.41) is 0. The minimum atomic E-state index is -0.338. The number of Topliss-reactive ketones (excluding diaryl/α,β-unsaturated/α-hetero) is 1. The average molecular weight is 355 g/mol. The lowest BCUT2D eigenvalue weighted by atomic mass is 9.92. The molecule has 0 atom stereocenters. The minimum absolute atomic E-state index is 0.125. The molecule has 5 nitrogen and oxygen atoms in total. The number of carbonyl (C=O) groups is 2. The van der Waals surface area contributed by atoms with E-state index in [1.807, 2.05) is 12.1 Å². The Labute approximate surface area is 155 Å². The number of amides is 1. The van der Waals surface area contributed by atoms with Crippen molar-refractivity contribution in [1.29, 1.82) is 0 Å². The summed E-state index contributed by atoms with van der Waals surface area (Å²) in [4.78, 5) is 33.5. The molecule has 1 aromatic heterocycles. The van der Waals surface area contributed by atoms with Crippen LogP contribution in [0, 0.1) is 0 Å². The van der Waals surface area contributed by atoms with Crippen molar-refractivity contribution in [3.05, 3.63) is 24.0 Å². The van der Waals surface area contributed by atoms with E-state index in [0.29, 0.717) is 6.04 Å². The number of pyridine rings is 1. The van der Waals surface area contributed by atoms with Gasteiger partial charge in [0.25, 0.3) is 5.91 Å². The number of hydrogen-bond acceptors (Lipinski definition) is 4. The Hall–Kier alpha value is -1.75. The molecule has 0 aromatic carbocycles. The molecule has 26 heavy (non-hydrogen) atoms. The third-order valence-corrected chi connectivity index (χ3v) is 6.37. The first-order chi connectivity index (χ1) is 12.7. The predicted octanol–water partition coefficient (Wildman–Crippen LogP) is 3.12. The molecule has 1 amide bonds. The van der Waals surface area contributed by atoms with Crippen molar-refractivity contribution in [1.82, 2.24) is 9.88 Å². The number of piperidine rings is 1. The van der Waals surface area contributed by atoms with E-state index in [9.17, 15) is 9.59 Å². The van der Waals surface area contributed by atoms with E-state index in [2.05, 4.69) is 9.88 Å². The van der Waals surface area contributed by atoms with Crippen LogP contribution in [0.25, 0.3) is 0 Å². The monoisotopic (exact) mass is 355 g/mol. The van der Waals surface area contributed by atoms with Gasteiger partial charge in [-0.2, -0.15) is 0 Å². The van der Waals surface area contributed by atoms with Crippen molar-refractivity contribution in [3.8, 4) is 0 Å². The maximum Gasteiger partial charge on any atom is 0.295 e. The normalized spacial score (nSPS) is 24.2. The first-order valence-corrected chi connectivity index (χ1v) is 10.3. The van der Waals surface area contributed by atoms with Crippen LogP contribution in [0.3, 0.4) is 0 Å². The SMILES string of the molecule is O=C1Cc2ncccc2N(C2CCN(C3CCCCCCC3)CC2)C1=O. The standard InChI is InChI=1S/C21H29N3O2/c25-20-15-18-19(9-6-12-22-18)24(21(20)26)17-10-13-23(14-11-17)16-7-4-2-1-3-5-8-16/h6,9,12,16-17H,1-5,7-8,10-11,13-15H2. The summed E-state index contributed by atoms with van der Waals surface area (Å²) in [6.45, 7) is 2.06. The van der Waals surface area contributed by atoms with Gasteiger partial charge in [0.05, 0.1) is 17.8 Å². The molecule has 0 bridgehead atoms. The van der Waals surface area contributed by atoms with Gasteiger partial charge >= 0.3 is 0 Å². The number of anilines is 1. The van der Waals surface area contributed by atoms with Crippen LogP contribution in [0.5, 0.6) is 0 Å². The van der Waals surface area contributed by atoms with E-state index >= 15 is 0 Å². The van der Waals surface area contributed by atoms with Crippen LogP contribution in [0.1, 0.15) is 63.5 Å². The lowest BCUT2D eigenvalue weighted by molar-refractivity contribution is -0.136. The lowest BCUT2D eigenvalue weighted by Gasteiger charge is -2.43. The second-order valence-corrected chi connectivity index (χ2v) is 8.01. The Bertz CT molecular complexity index is 659. The Kier molecular flexibility index (Phi) is 5.34. The van der Waals surface area contributed by atoms with Crippen molar-refractivity contribution in [2.45, 2.75) is 76.3 Å². The van der Waals surface area contributed by atoms with Gasteiger partial charge in [-0.3, -0.25) is 14.6 Å². The fourth-order valence-electron chi connectivity index (χ4n) is 4.93. The molecule has 2 aliphatic heterocycles. The largest absolute Gasteiger partial charge is 0.301 e. The summed E-state index contributed by atoms with van der Waals surface area (Å²) in [7, 11) is 0. The number of carbonyl (C=O) groups excluding carboxylic acids is 2. The zero-order valence-electron chi connectivity index (χ0n) is 15.5. The van der Waals surface area contributed by atoms with E-state index in [0.717, 1.165) is 37.3 Å². The maximum atomic E-state index is 12.6. The second-order valence-electron chi connectivity index (χ2n) is 8.01. The van der Waals surface area contributed by atoms with Crippen LogP contribution >= 0.6 is 0 Å². The fraction of sp³-hybridized carbons (Fsp3) is 0.667. The summed E-state index contributed by atoms with van der Waals surface area (Å²) in [6, 6.07) is 4.63. The van der Waals surface area contributed by atoms with Gasteiger partial charge in [-0.25, -0.2) is 0 Å². The number of hydrogen-bond donors (Lipinski definition) is 0. The molecule has 2 fully saturated rings. The molecule has 0 N–H and O–H groups in total. The van der Waals surface area contributed by atoms with E-state index in [1.54, 1.807) is 11.1 Å². The van der Waals surface area contributed by atoms with Crippen LogP contribution in [0.15, 0.2) is 18.3 Å². The van der Waals surface area contributed by atoms with Crippen molar-refractivity contribution >= 4 is 17.4 Å². The van der Waals surface area contributed by atoms with E-state index < -0.39 is 0 Å². The highest BCUT2D eigenvalue weighted by molar-refractivity contribution is 6.43. The minimum Gasteiger partial charge on any atom is -0.301 e. The van der Waals surface area contributed by atoms with Gasteiger partial charge in [0.15, 0.2) is 0 Å². The second kappa shape index (κ2) is 7.87. The summed E-state index contributed by atoms with van der Waals surface area (Å²) in [5.41, 5.74) is 1.60. The molecule has 0 unspecified atom stereocenters. The van der Waals surface area contributed by atoms with Gasteiger partial charge in [-0.1, -0.05) is 32.1 Å². The number of rotatable bonds is 2. The van der Waals surface area contributed by atoms with E-state index in [-0.39, 0.29) is 24.2 Å². The highest BCUT2D eigenvalue weighted by Crippen LogP contribution is 2.31. The van der Waals surface area contributed by atoms with Crippen LogP contribution in [0.2, 0.25) is 0 Å². The third-order valence-electron chi connectivity index (χ3n) is 6.37. The molecule has 5 heteroatoms. The van der Waals surface area contributed by atoms with Crippen LogP contribution < -0.4 is 4.90 Å². The smallest absolute Gasteiger partial charge is 0.295 e. The topological polar surface area (TPSA) is 53.5 Å². The van der Waals surface area contributed by atoms with Crippen molar-refractivity contribution in [2.24, 2.45) is 0 Å². The number of likely N-dealkylation sites (tertiary alicyclic amines) is 1. The van der Waals surface area contributed by atoms with Gasteiger partial charge in [-0.05, 0) is 37.8 Å². The maximum absolute atomic E-state index is 12.6. The lowest BCUT2D eigenvalue weighted by Crippen LogP contribution is -2.53. The summed E-state index contributed by atoms with van der Waals surface area (Å²) < 4.78 is 0. The molecule has 1 aliphatic carbocycles. The van der Waals surface area contributed by atoms with Gasteiger partial charge in [0, 0.05) is 31.4 Å². The summed E-state index contributed by atoms with van der Waals surface area (Å²) in [5.74, 6) is -0.659. The molecule has 1 saturated heterocycles. The molecular formula is C21H29N3O2. The van der Waals surface area contributed by atoms with E-state index in [1.165, 1.54) is 44.9 Å². The molecule has 140 valence electrons. The Morgan fingerprint density at radius 3 is 2.31 bits per heavy atom. The highest BCUT2D eigenvalue weighted by atomic mass is 16.2. The van der Waals surface area contributed by atoms with Gasteiger partial charge in [-0.15, -0.1) is 0 Å². The molecule has 3 heterocycles. The Morgan fingerprint density at radius 1 is 0.885 bits per heavy atom. The van der Waals surface area contributed by atoms with Crippen LogP contribution in [0.4, 0.5) is 5.69 Å². The quantitative estimate of drug-likeness (QED) is 0.765. The molecule has 1 saturated carbocycles. The Balaban J connectivity index is 1.44. The number of ketones is 1. The van der Waals surface area contributed by atoms with Gasteiger partial charge < -0.3 is 9.80 Å². The Morgan fingerprint density at radius 2 is 1.58 bits per heavy atom. The fourth-order valence-corrected chi connectivity index (χ4v) is 4.93. The van der Waals surface area contributed by atoms with Crippen molar-refractivity contribution < 1.29 is 9.59 Å². The number of aromatic nitrogens is 1. The van der Waals surface area contributed by atoms with Crippen molar-refractivity contribution in [2.75, 3.05) is 18.0 Å². The first kappa shape index (κ1) is 17.7. The number of nitrogens with zero attached hydrogens (tertiary/aromatic N) is 3. The third kappa shape index (κ3) is 3.54. The van der Waals surface area contributed by atoms with Crippen LogP contribution in [-0.4, -0.2) is 46.7 Å². The summed E-state index contributed by atoms with van der Waals surface area (Å²) >= 11 is 0. The average Bonchev–Trinajstić information content (AvgIpc) is 2.63. The summed E-state index contributed by atoms with van der Waals surface area (Å²) in [6.07, 6.45) is 13.2. The van der Waals surface area contributed by atoms with Gasteiger partial charge in [0.1, 0.15) is 0 Å². The molecule has 4 rings (SSSR count). The zero-order valence-corrected chi connectivity index (χ0v) is 15.5. The predicted molar refractivity (Wildman–Crippen MR) is 101 cm³/mol. The number of fused-ring (bicyclic) bond motifs is 1. The molecule has 0 radical (unpaired) electrons. The molecular weight excluding hydrogens is 326 g/mol. The van der Waals surface area contributed by atoms with E-state index in [4.69, 9.17) is 0 Å². The molecule has 3 aliphatic rings. The first-order valence-electron chi connectivity index (χ1n) is 10.3. The molecule has 1 aromatic rings. The molecule has 0 spiro atoms. The van der Waals surface area contributed by atoms with Crippen molar-refractivity contribution in [3.63, 3.8) is 0 Å². The van der Waals surface area contributed by atoms with Crippen LogP contribution in [-0.2, 0) is 16.0 Å².